The molecule has 0 unspecified atom stereocenters. The van der Waals surface area contributed by atoms with Crippen molar-refractivity contribution in [3.8, 4) is 5.75 Å². The second-order valence-electron chi connectivity index (χ2n) is 8.15. The average Bonchev–Trinajstić information content (AvgIpc) is 3.42. The normalized spacial score (nSPS) is 13.8. The summed E-state index contributed by atoms with van der Waals surface area (Å²) < 4.78 is 7.51. The van der Waals surface area contributed by atoms with E-state index in [1.165, 1.54) is 19.3 Å². The Morgan fingerprint density at radius 1 is 1.25 bits per heavy atom. The summed E-state index contributed by atoms with van der Waals surface area (Å²) in [4.78, 5) is 12.4. The van der Waals surface area contributed by atoms with Crippen molar-refractivity contribution >= 4 is 11.6 Å². The van der Waals surface area contributed by atoms with Gasteiger partial charge in [0.15, 0.2) is 0 Å². The third-order valence-corrected chi connectivity index (χ3v) is 5.21. The van der Waals surface area contributed by atoms with E-state index in [1.807, 2.05) is 25.1 Å². The predicted octanol–water partition coefficient (Wildman–Crippen LogP) is 4.48. The molecule has 0 atom stereocenters. The van der Waals surface area contributed by atoms with Crippen LogP contribution in [0.5, 0.6) is 5.75 Å². The van der Waals surface area contributed by atoms with Crippen LogP contribution < -0.4 is 10.1 Å². The van der Waals surface area contributed by atoms with Gasteiger partial charge < -0.3 is 14.6 Å². The minimum absolute atomic E-state index is 0.0000263. The van der Waals surface area contributed by atoms with Crippen LogP contribution in [0.2, 0.25) is 0 Å². The summed E-state index contributed by atoms with van der Waals surface area (Å²) in [6.07, 6.45) is 6.73. The van der Waals surface area contributed by atoms with Crippen LogP contribution in [0, 0.1) is 12.8 Å². The number of nitrogens with one attached hydrogen (secondary N) is 1. The van der Waals surface area contributed by atoms with E-state index in [1.54, 1.807) is 7.11 Å². The van der Waals surface area contributed by atoms with Gasteiger partial charge in [0.05, 0.1) is 7.11 Å². The molecule has 1 aliphatic carbocycles. The van der Waals surface area contributed by atoms with E-state index in [-0.39, 0.29) is 5.91 Å². The molecule has 1 fully saturated rings. The van der Waals surface area contributed by atoms with Gasteiger partial charge in [0.25, 0.3) is 0 Å². The summed E-state index contributed by atoms with van der Waals surface area (Å²) in [6, 6.07) is 6.19. The Morgan fingerprint density at radius 3 is 2.57 bits per heavy atom. The number of hydrogen-bond donors (Lipinski definition) is 1. The molecule has 3 rings (SSSR count). The summed E-state index contributed by atoms with van der Waals surface area (Å²) in [6.45, 7) is 6.46. The van der Waals surface area contributed by atoms with Gasteiger partial charge in [-0.15, -0.1) is 10.2 Å². The molecule has 0 radical (unpaired) electrons. The lowest BCUT2D eigenvalue weighted by atomic mass is 10.1. The highest BCUT2D eigenvalue weighted by atomic mass is 16.5. The molecule has 0 aliphatic heterocycles. The van der Waals surface area contributed by atoms with E-state index in [0.29, 0.717) is 24.8 Å². The predicted molar refractivity (Wildman–Crippen MR) is 111 cm³/mol. The monoisotopic (exact) mass is 384 g/mol. The SMILES string of the molecule is COc1ccc(NC(=O)CCc2nnc(CCCC(C)C)n2C2CC2)c(C)c1. The Kier molecular flexibility index (Phi) is 6.70. The molecule has 1 aromatic carbocycles. The number of methoxy groups -OCH3 is 1. The summed E-state index contributed by atoms with van der Waals surface area (Å²) in [5.74, 6) is 3.54. The second kappa shape index (κ2) is 9.22. The Labute approximate surface area is 167 Å². The van der Waals surface area contributed by atoms with Crippen LogP contribution >= 0.6 is 0 Å². The first-order valence-electron chi connectivity index (χ1n) is 10.3. The minimum Gasteiger partial charge on any atom is -0.497 e. The first-order valence-corrected chi connectivity index (χ1v) is 10.3. The van der Waals surface area contributed by atoms with Gasteiger partial charge in [-0.2, -0.15) is 0 Å². The van der Waals surface area contributed by atoms with Gasteiger partial charge in [0.2, 0.25) is 5.91 Å². The highest BCUT2D eigenvalue weighted by Crippen LogP contribution is 2.37. The molecule has 1 aromatic heterocycles. The van der Waals surface area contributed by atoms with E-state index in [2.05, 4.69) is 33.9 Å². The van der Waals surface area contributed by atoms with E-state index in [4.69, 9.17) is 4.74 Å². The number of aromatic nitrogens is 3. The maximum Gasteiger partial charge on any atom is 0.224 e. The summed E-state index contributed by atoms with van der Waals surface area (Å²) in [7, 11) is 1.64. The molecule has 1 N–H and O–H groups in total. The standard InChI is InChI=1S/C22H32N4O2/c1-15(2)6-5-7-20-24-25-21(26(20)17-8-9-17)12-13-22(27)23-19-11-10-18(28-4)14-16(19)3/h10-11,14-15,17H,5-9,12-13H2,1-4H3,(H,23,27). The van der Waals surface area contributed by atoms with Crippen molar-refractivity contribution in [1.82, 2.24) is 14.8 Å². The van der Waals surface area contributed by atoms with Crippen LogP contribution in [0.25, 0.3) is 0 Å². The number of carbonyl (C=O) groups excluding carboxylic acids is 1. The molecule has 0 spiro atoms. The third kappa shape index (κ3) is 5.33. The second-order valence-corrected chi connectivity index (χ2v) is 8.15. The molecule has 28 heavy (non-hydrogen) atoms. The Morgan fingerprint density at radius 2 is 1.96 bits per heavy atom. The quantitative estimate of drug-likeness (QED) is 0.656. The number of hydrogen-bond acceptors (Lipinski definition) is 4. The molecule has 2 aromatic rings. The third-order valence-electron chi connectivity index (χ3n) is 5.21. The lowest BCUT2D eigenvalue weighted by molar-refractivity contribution is -0.116. The van der Waals surface area contributed by atoms with Crippen molar-refractivity contribution in [3.63, 3.8) is 0 Å². The Balaban J connectivity index is 1.58. The highest BCUT2D eigenvalue weighted by Gasteiger charge is 2.29. The highest BCUT2D eigenvalue weighted by molar-refractivity contribution is 5.91. The van der Waals surface area contributed by atoms with Crippen LogP contribution in [-0.4, -0.2) is 27.8 Å². The van der Waals surface area contributed by atoms with Gasteiger partial charge in [-0.3, -0.25) is 4.79 Å². The molecule has 0 saturated heterocycles. The smallest absolute Gasteiger partial charge is 0.224 e. The number of carbonyl (C=O) groups is 1. The van der Waals surface area contributed by atoms with Crippen molar-refractivity contribution in [1.29, 1.82) is 0 Å². The lowest BCUT2D eigenvalue weighted by Gasteiger charge is -2.11. The number of amides is 1. The molecule has 1 amide bonds. The molecule has 152 valence electrons. The number of aryl methyl sites for hydroxylation is 3. The van der Waals surface area contributed by atoms with Crippen molar-refractivity contribution < 1.29 is 9.53 Å². The van der Waals surface area contributed by atoms with Crippen molar-refractivity contribution in [2.24, 2.45) is 5.92 Å². The van der Waals surface area contributed by atoms with Crippen molar-refractivity contribution in [3.05, 3.63) is 35.4 Å². The fraction of sp³-hybridized carbons (Fsp3) is 0.591. The van der Waals surface area contributed by atoms with Crippen molar-refractivity contribution in [2.75, 3.05) is 12.4 Å². The maximum absolute atomic E-state index is 12.4. The topological polar surface area (TPSA) is 69.0 Å². The zero-order chi connectivity index (χ0) is 20.1. The van der Waals surface area contributed by atoms with Crippen LogP contribution in [0.4, 0.5) is 5.69 Å². The Bertz CT molecular complexity index is 809. The van der Waals surface area contributed by atoms with Crippen molar-refractivity contribution in [2.45, 2.75) is 71.8 Å². The fourth-order valence-electron chi connectivity index (χ4n) is 3.47. The van der Waals surface area contributed by atoms with Crippen LogP contribution in [-0.2, 0) is 17.6 Å². The number of rotatable bonds is 10. The van der Waals surface area contributed by atoms with Gasteiger partial charge in [-0.05, 0) is 55.9 Å². The number of nitrogens with zero attached hydrogens (tertiary/aromatic N) is 3. The number of ether oxygens (including phenoxy) is 1. The molecule has 0 bridgehead atoms. The van der Waals surface area contributed by atoms with Gasteiger partial charge in [0.1, 0.15) is 17.4 Å². The fourth-order valence-corrected chi connectivity index (χ4v) is 3.47. The van der Waals surface area contributed by atoms with E-state index < -0.39 is 0 Å². The zero-order valence-corrected chi connectivity index (χ0v) is 17.5. The van der Waals surface area contributed by atoms with Crippen LogP contribution in [0.15, 0.2) is 18.2 Å². The Hall–Kier alpha value is -2.37. The molecule has 1 saturated carbocycles. The van der Waals surface area contributed by atoms with Gasteiger partial charge in [-0.25, -0.2) is 0 Å². The number of benzene rings is 1. The molecule has 1 heterocycles. The summed E-state index contributed by atoms with van der Waals surface area (Å²) in [5.41, 5.74) is 1.81. The molecule has 6 heteroatoms. The van der Waals surface area contributed by atoms with E-state index in [9.17, 15) is 4.79 Å². The molecule has 6 nitrogen and oxygen atoms in total. The van der Waals surface area contributed by atoms with Crippen LogP contribution in [0.1, 0.15) is 69.2 Å². The minimum atomic E-state index is -0.0000263. The largest absolute Gasteiger partial charge is 0.497 e. The summed E-state index contributed by atoms with van der Waals surface area (Å²) in [5, 5.41) is 11.8. The van der Waals surface area contributed by atoms with Gasteiger partial charge >= 0.3 is 0 Å². The molecular weight excluding hydrogens is 352 g/mol. The maximum atomic E-state index is 12.4. The first kappa shape index (κ1) is 20.4. The zero-order valence-electron chi connectivity index (χ0n) is 17.5. The van der Waals surface area contributed by atoms with Gasteiger partial charge in [-0.1, -0.05) is 20.3 Å². The molecule has 1 aliphatic rings. The summed E-state index contributed by atoms with van der Waals surface area (Å²) >= 11 is 0. The van der Waals surface area contributed by atoms with Crippen LogP contribution in [0.3, 0.4) is 0 Å². The number of anilines is 1. The first-order chi connectivity index (χ1) is 13.5. The average molecular weight is 385 g/mol. The lowest BCUT2D eigenvalue weighted by Crippen LogP contribution is -2.15. The van der Waals surface area contributed by atoms with E-state index >= 15 is 0 Å². The van der Waals surface area contributed by atoms with E-state index in [0.717, 1.165) is 41.5 Å². The molecular formula is C22H32N4O2. The van der Waals surface area contributed by atoms with Gasteiger partial charge in [0, 0.05) is 31.0 Å².